The number of ether oxygens (including phenoxy) is 1. The second kappa shape index (κ2) is 5.52. The van der Waals surface area contributed by atoms with Gasteiger partial charge >= 0.3 is 0 Å². The summed E-state index contributed by atoms with van der Waals surface area (Å²) in [5.74, 6) is 0.907. The van der Waals surface area contributed by atoms with Crippen molar-refractivity contribution in [1.29, 1.82) is 0 Å². The Labute approximate surface area is 104 Å². The number of benzene rings is 1. The molecule has 0 aliphatic carbocycles. The van der Waals surface area contributed by atoms with Crippen molar-refractivity contribution in [3.63, 3.8) is 0 Å². The second-order valence-corrected chi connectivity index (χ2v) is 4.57. The molecule has 0 heterocycles. The first-order chi connectivity index (χ1) is 7.93. The van der Waals surface area contributed by atoms with Gasteiger partial charge in [0.1, 0.15) is 5.75 Å². The number of aryl methyl sites for hydroxylation is 1. The number of rotatable bonds is 4. The van der Waals surface area contributed by atoms with Gasteiger partial charge in [-0.15, -0.1) is 0 Å². The van der Waals surface area contributed by atoms with Crippen molar-refractivity contribution < 1.29 is 9.84 Å². The van der Waals surface area contributed by atoms with Crippen LogP contribution in [0.1, 0.15) is 35.2 Å². The highest BCUT2D eigenvalue weighted by atomic mass is 16.5. The largest absolute Gasteiger partial charge is 0.496 e. The summed E-state index contributed by atoms with van der Waals surface area (Å²) in [6.45, 7) is 7.98. The molecule has 2 unspecified atom stereocenters. The van der Waals surface area contributed by atoms with Gasteiger partial charge in [-0.05, 0) is 63.1 Å². The molecule has 0 radical (unpaired) electrons. The minimum absolute atomic E-state index is 0.0420. The van der Waals surface area contributed by atoms with Gasteiger partial charge in [-0.2, -0.15) is 0 Å². The first-order valence-electron chi connectivity index (χ1n) is 5.94. The second-order valence-electron chi connectivity index (χ2n) is 4.57. The van der Waals surface area contributed by atoms with Crippen LogP contribution in [0.4, 0.5) is 0 Å². The summed E-state index contributed by atoms with van der Waals surface area (Å²) in [5.41, 5.74) is 4.63. The molecule has 0 aliphatic rings. The summed E-state index contributed by atoms with van der Waals surface area (Å²) < 4.78 is 5.35. The molecule has 17 heavy (non-hydrogen) atoms. The molecule has 2 atom stereocenters. The number of hydrogen-bond donors (Lipinski definition) is 2. The molecule has 1 aromatic rings. The van der Waals surface area contributed by atoms with Gasteiger partial charge in [-0.3, -0.25) is 0 Å². The van der Waals surface area contributed by atoms with Crippen LogP contribution in [-0.2, 0) is 0 Å². The molecule has 0 amide bonds. The Hall–Kier alpha value is -1.06. The van der Waals surface area contributed by atoms with Crippen LogP contribution in [-0.4, -0.2) is 25.4 Å². The Morgan fingerprint density at radius 2 is 1.82 bits per heavy atom. The van der Waals surface area contributed by atoms with Gasteiger partial charge in [0.25, 0.3) is 0 Å². The molecule has 0 bridgehead atoms. The van der Waals surface area contributed by atoms with Crippen molar-refractivity contribution in [1.82, 2.24) is 5.32 Å². The van der Waals surface area contributed by atoms with Gasteiger partial charge < -0.3 is 15.2 Å². The lowest BCUT2D eigenvalue weighted by Crippen LogP contribution is -2.28. The van der Waals surface area contributed by atoms with Crippen LogP contribution in [0, 0.1) is 20.8 Å². The minimum atomic E-state index is -0.426. The summed E-state index contributed by atoms with van der Waals surface area (Å²) in [7, 11) is 3.56. The maximum absolute atomic E-state index is 9.84. The number of nitrogens with one attached hydrogen (secondary N) is 1. The minimum Gasteiger partial charge on any atom is -0.496 e. The van der Waals surface area contributed by atoms with Crippen LogP contribution in [0.2, 0.25) is 0 Å². The molecule has 2 N–H and O–H groups in total. The maximum Gasteiger partial charge on any atom is 0.122 e. The molecule has 96 valence electrons. The third kappa shape index (κ3) is 2.61. The lowest BCUT2D eigenvalue weighted by molar-refractivity contribution is 0.149. The summed E-state index contributed by atoms with van der Waals surface area (Å²) in [4.78, 5) is 0. The number of likely N-dealkylation sites (N-methyl/N-ethyl adjacent to an activating group) is 1. The van der Waals surface area contributed by atoms with E-state index in [9.17, 15) is 5.11 Å². The molecule has 0 aromatic heterocycles. The van der Waals surface area contributed by atoms with E-state index >= 15 is 0 Å². The Kier molecular flexibility index (Phi) is 4.54. The first-order valence-corrected chi connectivity index (χ1v) is 5.94. The fourth-order valence-electron chi connectivity index (χ4n) is 2.38. The maximum atomic E-state index is 9.84. The van der Waals surface area contributed by atoms with E-state index < -0.39 is 6.10 Å². The monoisotopic (exact) mass is 237 g/mol. The van der Waals surface area contributed by atoms with Crippen molar-refractivity contribution in [3.8, 4) is 5.75 Å². The summed E-state index contributed by atoms with van der Waals surface area (Å²) in [6, 6.07) is 1.99. The highest BCUT2D eigenvalue weighted by molar-refractivity contribution is 5.49. The Morgan fingerprint density at radius 3 is 2.24 bits per heavy atom. The van der Waals surface area contributed by atoms with Gasteiger partial charge in [-0.25, -0.2) is 0 Å². The van der Waals surface area contributed by atoms with Crippen LogP contribution in [0.5, 0.6) is 5.75 Å². The van der Waals surface area contributed by atoms with E-state index in [-0.39, 0.29) is 6.04 Å². The third-order valence-corrected chi connectivity index (χ3v) is 3.43. The number of methoxy groups -OCH3 is 1. The number of hydrogen-bond acceptors (Lipinski definition) is 3. The molecule has 3 heteroatoms. The zero-order chi connectivity index (χ0) is 13.2. The zero-order valence-corrected chi connectivity index (χ0v) is 11.6. The van der Waals surface area contributed by atoms with Crippen LogP contribution >= 0.6 is 0 Å². The van der Waals surface area contributed by atoms with Crippen molar-refractivity contribution in [2.45, 2.75) is 39.8 Å². The van der Waals surface area contributed by atoms with Crippen molar-refractivity contribution in [2.24, 2.45) is 0 Å². The molecular weight excluding hydrogens is 214 g/mol. The third-order valence-electron chi connectivity index (χ3n) is 3.43. The van der Waals surface area contributed by atoms with Crippen molar-refractivity contribution in [2.75, 3.05) is 14.2 Å². The van der Waals surface area contributed by atoms with Crippen LogP contribution in [0.15, 0.2) is 6.07 Å². The highest BCUT2D eigenvalue weighted by Gasteiger charge is 2.21. The molecule has 0 spiro atoms. The quantitative estimate of drug-likeness (QED) is 0.844. The standard InChI is InChI=1S/C14H23NO2/c1-8-7-12(17-6)9(2)10(3)13(8)14(15-5)11(4)16/h7,11,14-16H,1-6H3. The van der Waals surface area contributed by atoms with Gasteiger partial charge in [-0.1, -0.05) is 0 Å². The van der Waals surface area contributed by atoms with E-state index in [1.807, 2.05) is 20.0 Å². The molecule has 0 saturated heterocycles. The molecule has 3 nitrogen and oxygen atoms in total. The van der Waals surface area contributed by atoms with E-state index in [2.05, 4.69) is 19.2 Å². The SMILES string of the molecule is CNC(c1c(C)cc(OC)c(C)c1C)C(C)O. The summed E-state index contributed by atoms with van der Waals surface area (Å²) in [6.07, 6.45) is -0.426. The van der Waals surface area contributed by atoms with Gasteiger partial charge in [0, 0.05) is 0 Å². The summed E-state index contributed by atoms with van der Waals surface area (Å²) >= 11 is 0. The molecule has 1 rings (SSSR count). The van der Waals surface area contributed by atoms with E-state index in [0.717, 1.165) is 16.9 Å². The predicted molar refractivity (Wildman–Crippen MR) is 70.7 cm³/mol. The Balaban J connectivity index is 3.38. The smallest absolute Gasteiger partial charge is 0.122 e. The van der Waals surface area contributed by atoms with Crippen LogP contribution in [0.3, 0.4) is 0 Å². The number of aliphatic hydroxyl groups excluding tert-OH is 1. The molecular formula is C14H23NO2. The number of aliphatic hydroxyl groups is 1. The van der Waals surface area contributed by atoms with E-state index in [4.69, 9.17) is 4.74 Å². The van der Waals surface area contributed by atoms with Gasteiger partial charge in [0.05, 0.1) is 19.3 Å². The predicted octanol–water partition coefficient (Wildman–Crippen LogP) is 2.26. The summed E-state index contributed by atoms with van der Waals surface area (Å²) in [5, 5.41) is 13.0. The van der Waals surface area contributed by atoms with Crippen molar-refractivity contribution in [3.05, 3.63) is 28.3 Å². The average molecular weight is 237 g/mol. The molecule has 0 aliphatic heterocycles. The van der Waals surface area contributed by atoms with E-state index in [1.165, 1.54) is 11.1 Å². The molecule has 1 aromatic carbocycles. The fourth-order valence-corrected chi connectivity index (χ4v) is 2.38. The average Bonchev–Trinajstić information content (AvgIpc) is 2.28. The lowest BCUT2D eigenvalue weighted by atomic mass is 9.90. The topological polar surface area (TPSA) is 41.5 Å². The van der Waals surface area contributed by atoms with E-state index in [0.29, 0.717) is 0 Å². The Bertz CT molecular complexity index is 400. The normalized spacial score (nSPS) is 14.5. The lowest BCUT2D eigenvalue weighted by Gasteiger charge is -2.25. The highest BCUT2D eigenvalue weighted by Crippen LogP contribution is 2.32. The Morgan fingerprint density at radius 1 is 1.24 bits per heavy atom. The molecule has 0 saturated carbocycles. The fraction of sp³-hybridized carbons (Fsp3) is 0.571. The zero-order valence-electron chi connectivity index (χ0n) is 11.6. The van der Waals surface area contributed by atoms with E-state index in [1.54, 1.807) is 14.0 Å². The van der Waals surface area contributed by atoms with Crippen LogP contribution < -0.4 is 10.1 Å². The van der Waals surface area contributed by atoms with Gasteiger partial charge in [0.2, 0.25) is 0 Å². The first kappa shape index (κ1) is 14.0. The van der Waals surface area contributed by atoms with Crippen molar-refractivity contribution >= 4 is 0 Å². The molecule has 0 fully saturated rings. The van der Waals surface area contributed by atoms with Crippen LogP contribution in [0.25, 0.3) is 0 Å². The van der Waals surface area contributed by atoms with Gasteiger partial charge in [0.15, 0.2) is 0 Å².